The molecule has 1 rings (SSSR count). The first kappa shape index (κ1) is 15.6. The number of halogens is 1. The van der Waals surface area contributed by atoms with Gasteiger partial charge in [0, 0.05) is 5.54 Å². The van der Waals surface area contributed by atoms with Crippen molar-refractivity contribution in [3.05, 3.63) is 35.6 Å². The van der Waals surface area contributed by atoms with Gasteiger partial charge >= 0.3 is 0 Å². The summed E-state index contributed by atoms with van der Waals surface area (Å²) in [6.45, 7) is 6.98. The normalized spacial score (nSPS) is 11.4. The minimum Gasteiger partial charge on any atom is -0.350 e. The Morgan fingerprint density at radius 1 is 1.37 bits per heavy atom. The molecule has 0 aliphatic rings. The lowest BCUT2D eigenvalue weighted by molar-refractivity contribution is -0.121. The maximum atomic E-state index is 12.9. The van der Waals surface area contributed by atoms with E-state index in [1.54, 1.807) is 6.07 Å². The van der Waals surface area contributed by atoms with Gasteiger partial charge in [0.2, 0.25) is 5.91 Å². The number of hydrogen-bond acceptors (Lipinski definition) is 2. The summed E-state index contributed by atoms with van der Waals surface area (Å²) in [5, 5.41) is 6.02. The SMILES string of the molecule is CCC(C)(C)NC(=O)CNCCc1cccc(F)c1. The molecule has 19 heavy (non-hydrogen) atoms. The van der Waals surface area contributed by atoms with Gasteiger partial charge in [-0.25, -0.2) is 4.39 Å². The Morgan fingerprint density at radius 3 is 2.74 bits per heavy atom. The van der Waals surface area contributed by atoms with E-state index in [1.165, 1.54) is 12.1 Å². The lowest BCUT2D eigenvalue weighted by Gasteiger charge is -2.24. The minimum atomic E-state index is -0.222. The first-order chi connectivity index (χ1) is 8.93. The molecule has 106 valence electrons. The molecule has 0 unspecified atom stereocenters. The Kier molecular flexibility index (Phi) is 5.96. The number of rotatable bonds is 7. The van der Waals surface area contributed by atoms with Gasteiger partial charge < -0.3 is 10.6 Å². The predicted molar refractivity (Wildman–Crippen MR) is 75.5 cm³/mol. The zero-order valence-electron chi connectivity index (χ0n) is 11.9. The second-order valence-corrected chi connectivity index (χ2v) is 5.34. The summed E-state index contributed by atoms with van der Waals surface area (Å²) < 4.78 is 12.9. The van der Waals surface area contributed by atoms with Crippen LogP contribution in [0.2, 0.25) is 0 Å². The number of carbonyl (C=O) groups is 1. The number of hydrogen-bond donors (Lipinski definition) is 2. The molecule has 0 aliphatic heterocycles. The van der Waals surface area contributed by atoms with Crippen LogP contribution in [-0.2, 0) is 11.2 Å². The fraction of sp³-hybridized carbons (Fsp3) is 0.533. The molecule has 3 nitrogen and oxygen atoms in total. The Labute approximate surface area is 114 Å². The molecule has 0 heterocycles. The molecule has 4 heteroatoms. The van der Waals surface area contributed by atoms with Gasteiger partial charge in [-0.05, 0) is 50.9 Å². The monoisotopic (exact) mass is 266 g/mol. The van der Waals surface area contributed by atoms with Crippen molar-refractivity contribution in [3.63, 3.8) is 0 Å². The minimum absolute atomic E-state index is 0.00825. The highest BCUT2D eigenvalue weighted by atomic mass is 19.1. The summed E-state index contributed by atoms with van der Waals surface area (Å²) in [5.41, 5.74) is 0.767. The third kappa shape index (κ3) is 6.34. The number of benzene rings is 1. The molecule has 0 bridgehead atoms. The first-order valence-electron chi connectivity index (χ1n) is 6.69. The van der Waals surface area contributed by atoms with Crippen LogP contribution in [0.4, 0.5) is 4.39 Å². The Balaban J connectivity index is 2.22. The molecule has 0 saturated carbocycles. The number of nitrogens with one attached hydrogen (secondary N) is 2. The van der Waals surface area contributed by atoms with Gasteiger partial charge in [-0.3, -0.25) is 4.79 Å². The highest BCUT2D eigenvalue weighted by Gasteiger charge is 2.16. The smallest absolute Gasteiger partial charge is 0.234 e. The lowest BCUT2D eigenvalue weighted by atomic mass is 10.0. The van der Waals surface area contributed by atoms with Crippen molar-refractivity contribution in [2.45, 2.75) is 39.2 Å². The maximum absolute atomic E-state index is 12.9. The van der Waals surface area contributed by atoms with E-state index in [-0.39, 0.29) is 17.3 Å². The van der Waals surface area contributed by atoms with Crippen LogP contribution in [0.5, 0.6) is 0 Å². The number of carbonyl (C=O) groups excluding carboxylic acids is 1. The molecule has 0 atom stereocenters. The van der Waals surface area contributed by atoms with Gasteiger partial charge in [0.1, 0.15) is 5.82 Å². The largest absolute Gasteiger partial charge is 0.350 e. The molecule has 0 aromatic heterocycles. The van der Waals surface area contributed by atoms with Crippen molar-refractivity contribution in [2.75, 3.05) is 13.1 Å². The van der Waals surface area contributed by atoms with Crippen molar-refractivity contribution in [1.29, 1.82) is 0 Å². The van der Waals surface area contributed by atoms with E-state index in [0.717, 1.165) is 12.0 Å². The van der Waals surface area contributed by atoms with E-state index >= 15 is 0 Å². The summed E-state index contributed by atoms with van der Waals surface area (Å²) in [6.07, 6.45) is 1.60. The van der Waals surface area contributed by atoms with Gasteiger partial charge in [-0.1, -0.05) is 19.1 Å². The van der Waals surface area contributed by atoms with E-state index in [4.69, 9.17) is 0 Å². The van der Waals surface area contributed by atoms with E-state index in [1.807, 2.05) is 26.8 Å². The summed E-state index contributed by atoms with van der Waals surface area (Å²) in [4.78, 5) is 11.6. The van der Waals surface area contributed by atoms with Crippen molar-refractivity contribution in [2.24, 2.45) is 0 Å². The van der Waals surface area contributed by atoms with Gasteiger partial charge in [0.25, 0.3) is 0 Å². The van der Waals surface area contributed by atoms with Crippen LogP contribution in [0, 0.1) is 5.82 Å². The van der Waals surface area contributed by atoms with Crippen LogP contribution in [0.25, 0.3) is 0 Å². The third-order valence-corrected chi connectivity index (χ3v) is 3.13. The Bertz CT molecular complexity index is 418. The molecule has 1 aromatic rings. The maximum Gasteiger partial charge on any atom is 0.234 e. The van der Waals surface area contributed by atoms with Crippen molar-refractivity contribution in [1.82, 2.24) is 10.6 Å². The average molecular weight is 266 g/mol. The van der Waals surface area contributed by atoms with Crippen LogP contribution >= 0.6 is 0 Å². The van der Waals surface area contributed by atoms with Crippen LogP contribution in [0.1, 0.15) is 32.8 Å². The van der Waals surface area contributed by atoms with Crippen molar-refractivity contribution >= 4 is 5.91 Å². The van der Waals surface area contributed by atoms with E-state index in [0.29, 0.717) is 19.5 Å². The van der Waals surface area contributed by atoms with Gasteiger partial charge in [-0.15, -0.1) is 0 Å². The predicted octanol–water partition coefficient (Wildman–Crippen LogP) is 2.26. The highest BCUT2D eigenvalue weighted by Crippen LogP contribution is 2.06. The highest BCUT2D eigenvalue weighted by molar-refractivity contribution is 5.78. The molecule has 0 aliphatic carbocycles. The Hall–Kier alpha value is -1.42. The molecule has 0 radical (unpaired) electrons. The third-order valence-electron chi connectivity index (χ3n) is 3.13. The van der Waals surface area contributed by atoms with E-state index in [9.17, 15) is 9.18 Å². The molecule has 2 N–H and O–H groups in total. The van der Waals surface area contributed by atoms with Crippen LogP contribution in [0.15, 0.2) is 24.3 Å². The van der Waals surface area contributed by atoms with Crippen molar-refractivity contribution < 1.29 is 9.18 Å². The van der Waals surface area contributed by atoms with Gasteiger partial charge in [0.05, 0.1) is 6.54 Å². The van der Waals surface area contributed by atoms with Crippen LogP contribution < -0.4 is 10.6 Å². The van der Waals surface area contributed by atoms with Crippen LogP contribution in [-0.4, -0.2) is 24.5 Å². The van der Waals surface area contributed by atoms with Gasteiger partial charge in [-0.2, -0.15) is 0 Å². The molecular weight excluding hydrogens is 243 g/mol. The van der Waals surface area contributed by atoms with E-state index in [2.05, 4.69) is 10.6 Å². The summed E-state index contributed by atoms with van der Waals surface area (Å²) in [6, 6.07) is 6.52. The molecule has 1 aromatic carbocycles. The zero-order valence-corrected chi connectivity index (χ0v) is 11.9. The summed E-state index contributed by atoms with van der Waals surface area (Å²) in [5.74, 6) is -0.231. The fourth-order valence-corrected chi connectivity index (χ4v) is 1.64. The Morgan fingerprint density at radius 2 is 2.11 bits per heavy atom. The topological polar surface area (TPSA) is 41.1 Å². The molecule has 0 saturated heterocycles. The lowest BCUT2D eigenvalue weighted by Crippen LogP contribution is -2.46. The molecule has 1 amide bonds. The number of amides is 1. The summed E-state index contributed by atoms with van der Waals surface area (Å²) >= 11 is 0. The molecular formula is C15H23FN2O. The van der Waals surface area contributed by atoms with Crippen molar-refractivity contribution in [3.8, 4) is 0 Å². The molecule has 0 spiro atoms. The average Bonchev–Trinajstić information content (AvgIpc) is 2.34. The fourth-order valence-electron chi connectivity index (χ4n) is 1.64. The second-order valence-electron chi connectivity index (χ2n) is 5.34. The zero-order chi connectivity index (χ0) is 14.3. The quantitative estimate of drug-likeness (QED) is 0.743. The van der Waals surface area contributed by atoms with E-state index < -0.39 is 0 Å². The second kappa shape index (κ2) is 7.24. The van der Waals surface area contributed by atoms with Crippen LogP contribution in [0.3, 0.4) is 0 Å². The first-order valence-corrected chi connectivity index (χ1v) is 6.69. The summed E-state index contributed by atoms with van der Waals surface area (Å²) in [7, 11) is 0. The standard InChI is InChI=1S/C15H23FN2O/c1-4-15(2,3)18-14(19)11-17-9-8-12-6-5-7-13(16)10-12/h5-7,10,17H,4,8-9,11H2,1-3H3,(H,18,19). The molecule has 0 fully saturated rings. The van der Waals surface area contributed by atoms with Gasteiger partial charge in [0.15, 0.2) is 0 Å².